The second-order valence-corrected chi connectivity index (χ2v) is 5.22. The monoisotopic (exact) mass is 272 g/mol. The minimum atomic E-state index is 0.823. The van der Waals surface area contributed by atoms with Crippen molar-refractivity contribution in [3.63, 3.8) is 0 Å². The Hall–Kier alpha value is -1.81. The summed E-state index contributed by atoms with van der Waals surface area (Å²) < 4.78 is 2.09. The molecule has 2 rings (SSSR count). The molecule has 108 valence electrons. The van der Waals surface area contributed by atoms with Gasteiger partial charge in [-0.25, -0.2) is 4.98 Å². The van der Waals surface area contributed by atoms with E-state index in [-0.39, 0.29) is 0 Å². The molecule has 0 aliphatic heterocycles. The molecule has 2 aromatic rings. The molecule has 4 heteroatoms. The van der Waals surface area contributed by atoms with Gasteiger partial charge in [-0.3, -0.25) is 4.90 Å². The smallest absolute Gasteiger partial charge is 0.109 e. The molecule has 2 N–H and O–H groups in total. The van der Waals surface area contributed by atoms with E-state index in [4.69, 9.17) is 5.73 Å². The highest BCUT2D eigenvalue weighted by Crippen LogP contribution is 2.10. The van der Waals surface area contributed by atoms with Crippen LogP contribution in [-0.2, 0) is 20.0 Å². The molecule has 20 heavy (non-hydrogen) atoms. The standard InChI is InChI=1S/C16H24N4/c1-3-10-20(11-8-16-18-9-12-19(16)2)13-14-4-6-15(17)7-5-14/h4-7,9,12H,3,8,10-11,13,17H2,1-2H3. The third kappa shape index (κ3) is 4.10. The number of imidazole rings is 1. The SMILES string of the molecule is CCCN(CCc1nccn1C)Cc1ccc(N)cc1. The zero-order chi connectivity index (χ0) is 14.4. The van der Waals surface area contributed by atoms with Crippen LogP contribution >= 0.6 is 0 Å². The van der Waals surface area contributed by atoms with Gasteiger partial charge in [0, 0.05) is 44.6 Å². The lowest BCUT2D eigenvalue weighted by Crippen LogP contribution is -2.27. The zero-order valence-electron chi connectivity index (χ0n) is 12.4. The van der Waals surface area contributed by atoms with Gasteiger partial charge in [-0.05, 0) is 30.7 Å². The van der Waals surface area contributed by atoms with E-state index in [2.05, 4.69) is 33.5 Å². The van der Waals surface area contributed by atoms with Crippen LogP contribution < -0.4 is 5.73 Å². The Morgan fingerprint density at radius 3 is 2.55 bits per heavy atom. The van der Waals surface area contributed by atoms with Crippen LogP contribution in [0.3, 0.4) is 0 Å². The Bertz CT molecular complexity index is 516. The maximum Gasteiger partial charge on any atom is 0.109 e. The van der Waals surface area contributed by atoms with Gasteiger partial charge < -0.3 is 10.3 Å². The van der Waals surface area contributed by atoms with Gasteiger partial charge in [0.05, 0.1) is 0 Å². The molecule has 0 saturated carbocycles. The summed E-state index contributed by atoms with van der Waals surface area (Å²) in [5, 5.41) is 0. The second-order valence-electron chi connectivity index (χ2n) is 5.22. The summed E-state index contributed by atoms with van der Waals surface area (Å²) in [5.41, 5.74) is 7.87. The largest absolute Gasteiger partial charge is 0.399 e. The van der Waals surface area contributed by atoms with Gasteiger partial charge in [-0.2, -0.15) is 0 Å². The van der Waals surface area contributed by atoms with Crippen molar-refractivity contribution < 1.29 is 0 Å². The summed E-state index contributed by atoms with van der Waals surface area (Å²) in [6.45, 7) is 5.33. The topological polar surface area (TPSA) is 47.1 Å². The zero-order valence-corrected chi connectivity index (χ0v) is 12.4. The Labute approximate surface area is 121 Å². The van der Waals surface area contributed by atoms with E-state index in [1.54, 1.807) is 0 Å². The molecule has 0 unspecified atom stereocenters. The summed E-state index contributed by atoms with van der Waals surface area (Å²) in [4.78, 5) is 6.86. The van der Waals surface area contributed by atoms with Crippen molar-refractivity contribution in [1.82, 2.24) is 14.5 Å². The molecule has 4 nitrogen and oxygen atoms in total. The van der Waals surface area contributed by atoms with Crippen LogP contribution in [0.1, 0.15) is 24.7 Å². The maximum atomic E-state index is 5.73. The van der Waals surface area contributed by atoms with Gasteiger partial charge in [0.25, 0.3) is 0 Å². The Morgan fingerprint density at radius 1 is 1.20 bits per heavy atom. The first-order valence-electron chi connectivity index (χ1n) is 7.22. The fourth-order valence-electron chi connectivity index (χ4n) is 2.36. The van der Waals surface area contributed by atoms with Crippen LogP contribution in [0.15, 0.2) is 36.7 Å². The quantitative estimate of drug-likeness (QED) is 0.788. The van der Waals surface area contributed by atoms with E-state index >= 15 is 0 Å². The van der Waals surface area contributed by atoms with Gasteiger partial charge in [0.15, 0.2) is 0 Å². The van der Waals surface area contributed by atoms with Crippen molar-refractivity contribution in [2.24, 2.45) is 7.05 Å². The first-order chi connectivity index (χ1) is 9.69. The number of hydrogen-bond acceptors (Lipinski definition) is 3. The minimum Gasteiger partial charge on any atom is -0.399 e. The average molecular weight is 272 g/mol. The van der Waals surface area contributed by atoms with Gasteiger partial charge in [-0.15, -0.1) is 0 Å². The lowest BCUT2D eigenvalue weighted by Gasteiger charge is -2.21. The summed E-state index contributed by atoms with van der Waals surface area (Å²) >= 11 is 0. The maximum absolute atomic E-state index is 5.73. The van der Waals surface area contributed by atoms with Crippen molar-refractivity contribution in [3.8, 4) is 0 Å². The number of aromatic nitrogens is 2. The highest BCUT2D eigenvalue weighted by Gasteiger charge is 2.07. The van der Waals surface area contributed by atoms with Crippen LogP contribution in [0.4, 0.5) is 5.69 Å². The molecule has 0 radical (unpaired) electrons. The molecule has 0 aliphatic rings. The Balaban J connectivity index is 1.93. The molecule has 0 saturated heterocycles. The molecule has 0 spiro atoms. The molecule has 0 aliphatic carbocycles. The number of aryl methyl sites for hydroxylation is 1. The van der Waals surface area contributed by atoms with E-state index in [1.807, 2.05) is 31.6 Å². The molecule has 0 atom stereocenters. The first kappa shape index (κ1) is 14.6. The Morgan fingerprint density at radius 2 is 1.95 bits per heavy atom. The van der Waals surface area contributed by atoms with Gasteiger partial charge >= 0.3 is 0 Å². The molecule has 0 fully saturated rings. The molecule has 0 amide bonds. The highest BCUT2D eigenvalue weighted by molar-refractivity contribution is 5.39. The molecule has 1 aromatic carbocycles. The highest BCUT2D eigenvalue weighted by atomic mass is 15.1. The van der Waals surface area contributed by atoms with Gasteiger partial charge in [0.1, 0.15) is 5.82 Å². The van der Waals surface area contributed by atoms with Crippen LogP contribution in [0.5, 0.6) is 0 Å². The summed E-state index contributed by atoms with van der Waals surface area (Å²) in [7, 11) is 2.05. The number of benzene rings is 1. The molecule has 0 bridgehead atoms. The predicted octanol–water partition coefficient (Wildman–Crippen LogP) is 2.46. The van der Waals surface area contributed by atoms with Crippen LogP contribution in [0.25, 0.3) is 0 Å². The Kier molecular flexibility index (Phi) is 5.18. The summed E-state index contributed by atoms with van der Waals surface area (Å²) in [6, 6.07) is 8.16. The van der Waals surface area contributed by atoms with E-state index in [9.17, 15) is 0 Å². The number of rotatable bonds is 7. The molecular formula is C16H24N4. The van der Waals surface area contributed by atoms with Crippen LogP contribution in [-0.4, -0.2) is 27.5 Å². The van der Waals surface area contributed by atoms with Gasteiger partial charge in [0.2, 0.25) is 0 Å². The first-order valence-corrected chi connectivity index (χ1v) is 7.22. The fraction of sp³-hybridized carbons (Fsp3) is 0.438. The minimum absolute atomic E-state index is 0.823. The molecule has 1 aromatic heterocycles. The molecule has 1 heterocycles. The average Bonchev–Trinajstić information content (AvgIpc) is 2.84. The van der Waals surface area contributed by atoms with Crippen molar-refractivity contribution in [1.29, 1.82) is 0 Å². The fourth-order valence-corrected chi connectivity index (χ4v) is 2.36. The number of nitrogen functional groups attached to an aromatic ring is 1. The summed E-state index contributed by atoms with van der Waals surface area (Å²) in [5.74, 6) is 1.14. The van der Waals surface area contributed by atoms with Crippen LogP contribution in [0, 0.1) is 0 Å². The number of anilines is 1. The lowest BCUT2D eigenvalue weighted by molar-refractivity contribution is 0.267. The van der Waals surface area contributed by atoms with Crippen molar-refractivity contribution in [3.05, 3.63) is 48.0 Å². The molecular weight excluding hydrogens is 248 g/mol. The number of nitrogens with zero attached hydrogens (tertiary/aromatic N) is 3. The van der Waals surface area contributed by atoms with E-state index < -0.39 is 0 Å². The summed E-state index contributed by atoms with van der Waals surface area (Å²) in [6.07, 6.45) is 6.01. The normalized spacial score (nSPS) is 11.2. The van der Waals surface area contributed by atoms with E-state index in [0.717, 1.165) is 44.0 Å². The predicted molar refractivity (Wildman–Crippen MR) is 83.3 cm³/mol. The van der Waals surface area contributed by atoms with E-state index in [1.165, 1.54) is 5.56 Å². The third-order valence-corrected chi connectivity index (χ3v) is 3.50. The third-order valence-electron chi connectivity index (χ3n) is 3.50. The van der Waals surface area contributed by atoms with Crippen molar-refractivity contribution in [2.75, 3.05) is 18.8 Å². The second kappa shape index (κ2) is 7.10. The van der Waals surface area contributed by atoms with Crippen molar-refractivity contribution >= 4 is 5.69 Å². The number of nitrogens with two attached hydrogens (primary N) is 1. The number of hydrogen-bond donors (Lipinski definition) is 1. The van der Waals surface area contributed by atoms with Gasteiger partial charge in [-0.1, -0.05) is 19.1 Å². The van der Waals surface area contributed by atoms with Crippen LogP contribution in [0.2, 0.25) is 0 Å². The van der Waals surface area contributed by atoms with Crippen molar-refractivity contribution in [2.45, 2.75) is 26.3 Å². The lowest BCUT2D eigenvalue weighted by atomic mass is 10.2. The van der Waals surface area contributed by atoms with E-state index in [0.29, 0.717) is 0 Å².